The van der Waals surface area contributed by atoms with E-state index >= 15 is 0 Å². The van der Waals surface area contributed by atoms with Gasteiger partial charge in [-0.1, -0.05) is 18.2 Å². The van der Waals surface area contributed by atoms with Crippen LogP contribution in [0.25, 0.3) is 5.57 Å². The van der Waals surface area contributed by atoms with Crippen molar-refractivity contribution in [1.82, 2.24) is 9.88 Å². The van der Waals surface area contributed by atoms with Crippen LogP contribution in [0.3, 0.4) is 0 Å². The number of rotatable bonds is 9. The normalized spacial score (nSPS) is 17.8. The predicted molar refractivity (Wildman–Crippen MR) is 134 cm³/mol. The second kappa shape index (κ2) is 10.8. The Hall–Kier alpha value is -1.89. The number of ether oxygens (including phenoxy) is 2. The van der Waals surface area contributed by atoms with Gasteiger partial charge in [-0.05, 0) is 64.3 Å². The Balaban J connectivity index is 1.38. The van der Waals surface area contributed by atoms with Crippen LogP contribution in [-0.2, 0) is 17.6 Å². The van der Waals surface area contributed by atoms with E-state index in [1.54, 1.807) is 0 Å². The number of likely N-dealkylation sites (N-methyl/N-ethyl adjacent to an activating group) is 1. The maximum absolute atomic E-state index is 6.32. The van der Waals surface area contributed by atoms with Gasteiger partial charge in [-0.15, -0.1) is 11.3 Å². The van der Waals surface area contributed by atoms with Crippen molar-refractivity contribution in [3.05, 3.63) is 46.0 Å². The minimum Gasteiger partial charge on any atom is -0.493 e. The molecule has 1 saturated heterocycles. The van der Waals surface area contributed by atoms with Gasteiger partial charge < -0.3 is 19.3 Å². The molecule has 0 saturated carbocycles. The van der Waals surface area contributed by atoms with Gasteiger partial charge in [-0.2, -0.15) is 0 Å². The predicted octanol–water partition coefficient (Wildman–Crippen LogP) is 4.97. The third-order valence-electron chi connectivity index (χ3n) is 6.47. The quantitative estimate of drug-likeness (QED) is 0.534. The molecule has 1 atom stereocenters. The maximum atomic E-state index is 6.32. The lowest BCUT2D eigenvalue weighted by Crippen LogP contribution is -2.44. The average molecular weight is 456 g/mol. The number of hydrogen-bond donors (Lipinski definition) is 0. The summed E-state index contributed by atoms with van der Waals surface area (Å²) in [4.78, 5) is 11.1. The van der Waals surface area contributed by atoms with Crippen molar-refractivity contribution < 1.29 is 9.47 Å². The fourth-order valence-electron chi connectivity index (χ4n) is 4.64. The van der Waals surface area contributed by atoms with Crippen molar-refractivity contribution in [2.45, 2.75) is 52.6 Å². The molecule has 0 amide bonds. The first-order valence-electron chi connectivity index (χ1n) is 12.0. The number of piperazine rings is 1. The Morgan fingerprint density at radius 3 is 2.78 bits per heavy atom. The lowest BCUT2D eigenvalue weighted by atomic mass is 9.87. The molecule has 2 aromatic rings. The molecule has 0 N–H and O–H groups in total. The van der Waals surface area contributed by atoms with Gasteiger partial charge in [0, 0.05) is 49.6 Å². The van der Waals surface area contributed by atoms with Crippen LogP contribution in [0.4, 0.5) is 5.13 Å². The highest BCUT2D eigenvalue weighted by atomic mass is 32.1. The molecule has 1 aromatic carbocycles. The summed E-state index contributed by atoms with van der Waals surface area (Å²) >= 11 is 1.82. The Bertz CT molecular complexity index is 931. The van der Waals surface area contributed by atoms with Gasteiger partial charge >= 0.3 is 0 Å². The van der Waals surface area contributed by atoms with Crippen molar-refractivity contribution in [3.63, 3.8) is 0 Å². The monoisotopic (exact) mass is 455 g/mol. The molecule has 0 radical (unpaired) electrons. The first-order chi connectivity index (χ1) is 15.5. The molecular weight excluding hydrogens is 418 g/mol. The van der Waals surface area contributed by atoms with E-state index in [0.29, 0.717) is 6.61 Å². The minimum atomic E-state index is 0.240. The van der Waals surface area contributed by atoms with Gasteiger partial charge in [0.25, 0.3) is 0 Å². The molecule has 1 aliphatic carbocycles. The summed E-state index contributed by atoms with van der Waals surface area (Å²) in [5.74, 6) is 1.03. The standard InChI is InChI=1S/C26H37N3O2S/c1-5-30-19(2)18-21-8-6-10-23-22(21)9-7-11-25(23)31-17-12-24-20(3)32-26(27-24)29-15-13-28(4)14-16-29/h7-9,11,19H,5-6,10,12-18H2,1-4H3. The number of aryl methyl sites for hydroxylation is 1. The van der Waals surface area contributed by atoms with Crippen molar-refractivity contribution in [2.24, 2.45) is 0 Å². The maximum Gasteiger partial charge on any atom is 0.185 e. The second-order valence-electron chi connectivity index (χ2n) is 8.91. The molecule has 32 heavy (non-hydrogen) atoms. The second-order valence-corrected chi connectivity index (χ2v) is 10.1. The summed E-state index contributed by atoms with van der Waals surface area (Å²) in [7, 11) is 2.19. The van der Waals surface area contributed by atoms with E-state index < -0.39 is 0 Å². The number of aromatic nitrogens is 1. The summed E-state index contributed by atoms with van der Waals surface area (Å²) < 4.78 is 12.1. The van der Waals surface area contributed by atoms with Gasteiger partial charge in [0.15, 0.2) is 5.13 Å². The Kier molecular flexibility index (Phi) is 7.87. The van der Waals surface area contributed by atoms with Crippen LogP contribution in [0, 0.1) is 6.92 Å². The summed E-state index contributed by atoms with van der Waals surface area (Å²) in [5, 5.41) is 1.17. The van der Waals surface area contributed by atoms with E-state index in [2.05, 4.69) is 61.9 Å². The summed E-state index contributed by atoms with van der Waals surface area (Å²) in [6.45, 7) is 12.2. The van der Waals surface area contributed by atoms with Gasteiger partial charge in [0.2, 0.25) is 0 Å². The zero-order valence-corrected chi connectivity index (χ0v) is 20.8. The van der Waals surface area contributed by atoms with Gasteiger partial charge in [-0.3, -0.25) is 0 Å². The third-order valence-corrected chi connectivity index (χ3v) is 7.55. The van der Waals surface area contributed by atoms with Crippen molar-refractivity contribution in [3.8, 4) is 5.75 Å². The number of anilines is 1. The molecule has 0 bridgehead atoms. The lowest BCUT2D eigenvalue weighted by Gasteiger charge is -2.32. The molecule has 4 rings (SSSR count). The highest BCUT2D eigenvalue weighted by Crippen LogP contribution is 2.35. The van der Waals surface area contributed by atoms with Gasteiger partial charge in [-0.25, -0.2) is 4.98 Å². The molecule has 5 nitrogen and oxygen atoms in total. The summed E-state index contributed by atoms with van der Waals surface area (Å²) in [6.07, 6.45) is 6.54. The van der Waals surface area contributed by atoms with E-state index in [-0.39, 0.29) is 6.10 Å². The highest BCUT2D eigenvalue weighted by Gasteiger charge is 2.20. The lowest BCUT2D eigenvalue weighted by molar-refractivity contribution is 0.0802. The topological polar surface area (TPSA) is 37.8 Å². The number of thiazole rings is 1. The van der Waals surface area contributed by atoms with E-state index in [1.165, 1.54) is 32.4 Å². The van der Waals surface area contributed by atoms with E-state index in [0.717, 1.165) is 64.2 Å². The van der Waals surface area contributed by atoms with E-state index in [9.17, 15) is 0 Å². The first-order valence-corrected chi connectivity index (χ1v) is 12.8. The Morgan fingerprint density at radius 1 is 1.19 bits per heavy atom. The SMILES string of the molecule is CCOC(C)CC1=CCCc2c(OCCc3nc(N4CCN(C)CC4)sc3C)cccc21. The number of hydrogen-bond acceptors (Lipinski definition) is 6. The van der Waals surface area contributed by atoms with Crippen LogP contribution in [0.1, 0.15) is 48.4 Å². The largest absolute Gasteiger partial charge is 0.493 e. The molecular formula is C26H37N3O2S. The third kappa shape index (κ3) is 5.53. The Morgan fingerprint density at radius 2 is 2.00 bits per heavy atom. The van der Waals surface area contributed by atoms with Crippen LogP contribution >= 0.6 is 11.3 Å². The van der Waals surface area contributed by atoms with Crippen molar-refractivity contribution in [1.29, 1.82) is 0 Å². The molecule has 1 fully saturated rings. The van der Waals surface area contributed by atoms with Crippen LogP contribution in [0.2, 0.25) is 0 Å². The first kappa shape index (κ1) is 23.3. The molecule has 1 aromatic heterocycles. The molecule has 2 aliphatic rings. The molecule has 1 unspecified atom stereocenters. The van der Waals surface area contributed by atoms with Crippen molar-refractivity contribution in [2.75, 3.05) is 51.3 Å². The van der Waals surface area contributed by atoms with E-state index in [4.69, 9.17) is 14.5 Å². The van der Waals surface area contributed by atoms with Crippen molar-refractivity contribution >= 4 is 22.0 Å². The van der Waals surface area contributed by atoms with Gasteiger partial charge in [0.1, 0.15) is 5.75 Å². The van der Waals surface area contributed by atoms with Crippen LogP contribution in [-0.4, -0.2) is 62.4 Å². The number of benzene rings is 1. The highest BCUT2D eigenvalue weighted by molar-refractivity contribution is 7.15. The van der Waals surface area contributed by atoms with Crippen LogP contribution < -0.4 is 9.64 Å². The molecule has 0 spiro atoms. The van der Waals surface area contributed by atoms with Crippen LogP contribution in [0.15, 0.2) is 24.3 Å². The molecule has 174 valence electrons. The van der Waals surface area contributed by atoms with Crippen LogP contribution in [0.5, 0.6) is 5.75 Å². The fourth-order valence-corrected chi connectivity index (χ4v) is 5.65. The number of allylic oxidation sites excluding steroid dienone is 1. The molecule has 1 aliphatic heterocycles. The average Bonchev–Trinajstić information content (AvgIpc) is 3.15. The van der Waals surface area contributed by atoms with E-state index in [1.807, 2.05) is 11.3 Å². The zero-order valence-electron chi connectivity index (χ0n) is 20.0. The Labute approximate surface area is 197 Å². The minimum absolute atomic E-state index is 0.240. The summed E-state index contributed by atoms with van der Waals surface area (Å²) in [6, 6.07) is 6.48. The fraction of sp³-hybridized carbons (Fsp3) is 0.577. The molecule has 2 heterocycles. The number of fused-ring (bicyclic) bond motifs is 1. The summed E-state index contributed by atoms with van der Waals surface area (Å²) in [5.41, 5.74) is 5.26. The number of nitrogens with zero attached hydrogens (tertiary/aromatic N) is 3. The molecule has 6 heteroatoms. The smallest absolute Gasteiger partial charge is 0.185 e. The van der Waals surface area contributed by atoms with Gasteiger partial charge in [0.05, 0.1) is 18.4 Å². The zero-order chi connectivity index (χ0) is 22.5.